The number of nitrogens with two attached hydrogens (primary N) is 1. The van der Waals surface area contributed by atoms with E-state index in [1.807, 2.05) is 42.2 Å². The monoisotopic (exact) mass is 308 g/mol. The lowest BCUT2D eigenvalue weighted by Gasteiger charge is -2.33. The fourth-order valence-electron chi connectivity index (χ4n) is 3.32. The maximum Gasteiger partial charge on any atom is 0.231 e. The van der Waals surface area contributed by atoms with Gasteiger partial charge in [-0.2, -0.15) is 0 Å². The lowest BCUT2D eigenvalue weighted by molar-refractivity contribution is -0.122. The zero-order chi connectivity index (χ0) is 16.4. The number of rotatable bonds is 3. The van der Waals surface area contributed by atoms with E-state index in [-0.39, 0.29) is 17.9 Å². The number of anilines is 1. The van der Waals surface area contributed by atoms with Crippen molar-refractivity contribution in [2.75, 3.05) is 11.4 Å². The first-order chi connectivity index (χ1) is 11.1. The summed E-state index contributed by atoms with van der Waals surface area (Å²) in [5, 5.41) is 0. The predicted molar refractivity (Wildman–Crippen MR) is 94.4 cm³/mol. The molecule has 1 heterocycles. The molecule has 0 aromatic heterocycles. The van der Waals surface area contributed by atoms with E-state index in [0.29, 0.717) is 0 Å². The van der Waals surface area contributed by atoms with Crippen LogP contribution in [0.25, 0.3) is 0 Å². The highest BCUT2D eigenvalue weighted by molar-refractivity contribution is 5.96. The maximum atomic E-state index is 13.0. The molecule has 2 aromatic carbocycles. The fourth-order valence-corrected chi connectivity index (χ4v) is 3.32. The molecular formula is C20H24N2O. The number of benzene rings is 2. The number of hydrogen-bond acceptors (Lipinski definition) is 2. The third-order valence-electron chi connectivity index (χ3n) is 4.73. The first-order valence-corrected chi connectivity index (χ1v) is 8.29. The lowest BCUT2D eigenvalue weighted by atomic mass is 9.92. The van der Waals surface area contributed by atoms with Crippen LogP contribution in [0, 0.1) is 12.8 Å². The number of aryl methyl sites for hydroxylation is 2. The van der Waals surface area contributed by atoms with Crippen LogP contribution in [0.15, 0.2) is 48.5 Å². The molecule has 0 fully saturated rings. The number of carbonyl (C=O) groups excluding carboxylic acids is 1. The van der Waals surface area contributed by atoms with Crippen LogP contribution in [0.3, 0.4) is 0 Å². The molecule has 0 saturated heterocycles. The fraction of sp³-hybridized carbons (Fsp3) is 0.350. The van der Waals surface area contributed by atoms with Crippen molar-refractivity contribution in [1.82, 2.24) is 0 Å². The predicted octanol–water partition coefficient (Wildman–Crippen LogP) is 3.61. The Morgan fingerprint density at radius 3 is 2.65 bits per heavy atom. The lowest BCUT2D eigenvalue weighted by Crippen LogP contribution is -2.42. The Morgan fingerprint density at radius 1 is 1.17 bits per heavy atom. The number of nitrogens with zero attached hydrogens (tertiary/aromatic N) is 1. The van der Waals surface area contributed by atoms with Gasteiger partial charge in [0.05, 0.1) is 5.92 Å². The van der Waals surface area contributed by atoms with E-state index in [9.17, 15) is 4.79 Å². The normalized spacial score (nSPS) is 16.6. The highest BCUT2D eigenvalue weighted by Gasteiger charge is 2.30. The summed E-state index contributed by atoms with van der Waals surface area (Å²) in [6.07, 6.45) is 2.05. The molecule has 1 amide bonds. The van der Waals surface area contributed by atoms with Gasteiger partial charge >= 0.3 is 0 Å². The van der Waals surface area contributed by atoms with Crippen LogP contribution in [0.2, 0.25) is 0 Å². The molecule has 2 unspecified atom stereocenters. The summed E-state index contributed by atoms with van der Waals surface area (Å²) in [6, 6.07) is 15.9. The summed E-state index contributed by atoms with van der Waals surface area (Å²) >= 11 is 0. The molecule has 0 bridgehead atoms. The van der Waals surface area contributed by atoms with E-state index in [0.717, 1.165) is 30.6 Å². The molecule has 1 aliphatic rings. The molecule has 1 aliphatic heterocycles. The van der Waals surface area contributed by atoms with Crippen LogP contribution in [0.5, 0.6) is 0 Å². The second-order valence-electron chi connectivity index (χ2n) is 6.45. The summed E-state index contributed by atoms with van der Waals surface area (Å²) in [5.41, 5.74) is 10.9. The second kappa shape index (κ2) is 6.55. The zero-order valence-corrected chi connectivity index (χ0v) is 13.8. The minimum absolute atomic E-state index is 0.117. The van der Waals surface area contributed by atoms with E-state index in [1.54, 1.807) is 0 Å². The van der Waals surface area contributed by atoms with Crippen molar-refractivity contribution in [3.8, 4) is 0 Å². The molecule has 0 spiro atoms. The minimum atomic E-state index is -0.278. The van der Waals surface area contributed by atoms with Gasteiger partial charge in [-0.05, 0) is 37.0 Å². The van der Waals surface area contributed by atoms with Gasteiger partial charge in [-0.25, -0.2) is 0 Å². The molecule has 3 rings (SSSR count). The Morgan fingerprint density at radius 2 is 1.91 bits per heavy atom. The van der Waals surface area contributed by atoms with Crippen LogP contribution in [0.1, 0.15) is 36.1 Å². The van der Waals surface area contributed by atoms with Crippen molar-refractivity contribution in [2.24, 2.45) is 11.7 Å². The summed E-state index contributed by atoms with van der Waals surface area (Å²) < 4.78 is 0. The number of amides is 1. The minimum Gasteiger partial charge on any atom is -0.323 e. The molecule has 0 aliphatic carbocycles. The molecule has 0 radical (unpaired) electrons. The van der Waals surface area contributed by atoms with Crippen molar-refractivity contribution in [3.63, 3.8) is 0 Å². The smallest absolute Gasteiger partial charge is 0.231 e. The largest absolute Gasteiger partial charge is 0.323 e. The molecular weight excluding hydrogens is 284 g/mol. The topological polar surface area (TPSA) is 46.3 Å². The molecule has 2 N–H and O–H groups in total. The Hall–Kier alpha value is -2.13. The highest BCUT2D eigenvalue weighted by atomic mass is 16.2. The zero-order valence-electron chi connectivity index (χ0n) is 13.8. The Bertz CT molecular complexity index is 696. The SMILES string of the molecule is Cc1ccc2c(c1)CCCN2C(=O)C(C)C(N)c1ccccc1. The third kappa shape index (κ3) is 3.15. The Labute approximate surface area is 138 Å². The third-order valence-corrected chi connectivity index (χ3v) is 4.73. The molecule has 23 heavy (non-hydrogen) atoms. The van der Waals surface area contributed by atoms with E-state index in [1.165, 1.54) is 11.1 Å². The van der Waals surface area contributed by atoms with Crippen molar-refractivity contribution in [3.05, 3.63) is 65.2 Å². The summed E-state index contributed by atoms with van der Waals surface area (Å²) in [5.74, 6) is -0.129. The quantitative estimate of drug-likeness (QED) is 0.941. The molecule has 3 heteroatoms. The van der Waals surface area contributed by atoms with Crippen LogP contribution in [0.4, 0.5) is 5.69 Å². The van der Waals surface area contributed by atoms with Crippen molar-refractivity contribution in [2.45, 2.75) is 32.7 Å². The van der Waals surface area contributed by atoms with E-state index >= 15 is 0 Å². The molecule has 120 valence electrons. The standard InChI is InChI=1S/C20H24N2O/c1-14-10-11-18-17(13-14)9-6-12-22(18)20(23)15(2)19(21)16-7-4-3-5-8-16/h3-5,7-8,10-11,13,15,19H,6,9,12,21H2,1-2H3. The number of fused-ring (bicyclic) bond motifs is 1. The molecule has 2 atom stereocenters. The van der Waals surface area contributed by atoms with Gasteiger partial charge in [0, 0.05) is 18.3 Å². The van der Waals surface area contributed by atoms with Gasteiger partial charge in [-0.1, -0.05) is 55.0 Å². The highest BCUT2D eigenvalue weighted by Crippen LogP contribution is 2.31. The van der Waals surface area contributed by atoms with E-state index in [4.69, 9.17) is 5.73 Å². The van der Waals surface area contributed by atoms with Gasteiger partial charge in [0.15, 0.2) is 0 Å². The van der Waals surface area contributed by atoms with Gasteiger partial charge < -0.3 is 10.6 Å². The van der Waals surface area contributed by atoms with Crippen LogP contribution in [-0.4, -0.2) is 12.5 Å². The average molecular weight is 308 g/mol. The Kier molecular flexibility index (Phi) is 4.49. The van der Waals surface area contributed by atoms with Crippen molar-refractivity contribution in [1.29, 1.82) is 0 Å². The van der Waals surface area contributed by atoms with Gasteiger partial charge in [-0.15, -0.1) is 0 Å². The van der Waals surface area contributed by atoms with Crippen molar-refractivity contribution >= 4 is 11.6 Å². The summed E-state index contributed by atoms with van der Waals surface area (Å²) in [4.78, 5) is 14.9. The van der Waals surface area contributed by atoms with Crippen LogP contribution in [-0.2, 0) is 11.2 Å². The summed E-state index contributed by atoms with van der Waals surface area (Å²) in [6.45, 7) is 4.80. The van der Waals surface area contributed by atoms with E-state index < -0.39 is 0 Å². The second-order valence-corrected chi connectivity index (χ2v) is 6.45. The molecule has 0 saturated carbocycles. The molecule has 2 aromatic rings. The Balaban J connectivity index is 1.84. The first kappa shape index (κ1) is 15.8. The van der Waals surface area contributed by atoms with Crippen LogP contribution < -0.4 is 10.6 Å². The molecule has 3 nitrogen and oxygen atoms in total. The van der Waals surface area contributed by atoms with Crippen molar-refractivity contribution < 1.29 is 4.79 Å². The summed E-state index contributed by atoms with van der Waals surface area (Å²) in [7, 11) is 0. The van der Waals surface area contributed by atoms with Crippen LogP contribution >= 0.6 is 0 Å². The first-order valence-electron chi connectivity index (χ1n) is 8.29. The van der Waals surface area contributed by atoms with Gasteiger partial charge in [0.2, 0.25) is 5.91 Å². The van der Waals surface area contributed by atoms with Gasteiger partial charge in [0.1, 0.15) is 0 Å². The average Bonchev–Trinajstić information content (AvgIpc) is 2.59. The number of carbonyl (C=O) groups is 1. The number of hydrogen-bond donors (Lipinski definition) is 1. The van der Waals surface area contributed by atoms with E-state index in [2.05, 4.69) is 25.1 Å². The van der Waals surface area contributed by atoms with Gasteiger partial charge in [-0.3, -0.25) is 4.79 Å². The maximum absolute atomic E-state index is 13.0. The van der Waals surface area contributed by atoms with Gasteiger partial charge in [0.25, 0.3) is 0 Å².